The summed E-state index contributed by atoms with van der Waals surface area (Å²) in [5.41, 5.74) is 0.977. The van der Waals surface area contributed by atoms with Gasteiger partial charge in [-0.3, -0.25) is 14.5 Å². The Hall–Kier alpha value is -1.68. The Balaban J connectivity index is 1.92. The Morgan fingerprint density at radius 1 is 1.06 bits per heavy atom. The fraction of sp³-hybridized carbons (Fsp3) is 0.429. The number of carbonyl (C=O) groups is 2. The number of hydrogen-bond donors (Lipinski definition) is 1. The van der Waals surface area contributed by atoms with E-state index in [-0.39, 0.29) is 17.9 Å². The van der Waals surface area contributed by atoms with Gasteiger partial charge in [0.15, 0.2) is 0 Å². The van der Waals surface area contributed by atoms with E-state index in [1.807, 2.05) is 0 Å². The van der Waals surface area contributed by atoms with Crippen molar-refractivity contribution in [1.29, 1.82) is 0 Å². The van der Waals surface area contributed by atoms with Crippen molar-refractivity contribution in [2.24, 2.45) is 0 Å². The molecule has 18 heavy (non-hydrogen) atoms. The summed E-state index contributed by atoms with van der Waals surface area (Å²) in [5.74, 6) is -0.426. The summed E-state index contributed by atoms with van der Waals surface area (Å²) in [6.07, 6.45) is 2.53. The summed E-state index contributed by atoms with van der Waals surface area (Å²) in [7, 11) is 0. The quantitative estimate of drug-likeness (QED) is 0.764. The first-order chi connectivity index (χ1) is 8.68. The molecule has 1 N–H and O–H groups in total. The molecule has 0 spiro atoms. The summed E-state index contributed by atoms with van der Waals surface area (Å²) in [5, 5.41) is 9.68. The van der Waals surface area contributed by atoms with Crippen LogP contribution in [0.15, 0.2) is 24.3 Å². The van der Waals surface area contributed by atoms with Crippen LogP contribution in [-0.2, 0) is 0 Å². The lowest BCUT2D eigenvalue weighted by molar-refractivity contribution is 0.0415. The van der Waals surface area contributed by atoms with E-state index in [4.69, 9.17) is 0 Å². The molecule has 1 aliphatic heterocycles. The van der Waals surface area contributed by atoms with Crippen molar-refractivity contribution < 1.29 is 14.7 Å². The molecule has 1 aromatic carbocycles. The molecule has 1 fully saturated rings. The van der Waals surface area contributed by atoms with E-state index >= 15 is 0 Å². The van der Waals surface area contributed by atoms with Crippen molar-refractivity contribution in [2.75, 3.05) is 0 Å². The number of amides is 2. The Kier molecular flexibility index (Phi) is 2.67. The number of aliphatic hydroxyl groups is 1. The van der Waals surface area contributed by atoms with Gasteiger partial charge in [-0.25, -0.2) is 0 Å². The van der Waals surface area contributed by atoms with Gasteiger partial charge in [0.1, 0.15) is 0 Å². The van der Waals surface area contributed by atoms with Crippen LogP contribution in [0, 0.1) is 0 Å². The van der Waals surface area contributed by atoms with Gasteiger partial charge in [0.25, 0.3) is 11.8 Å². The molecule has 2 atom stereocenters. The second-order valence-corrected chi connectivity index (χ2v) is 5.00. The molecule has 1 saturated carbocycles. The number of carbonyl (C=O) groups excluding carboxylic acids is 2. The fourth-order valence-corrected chi connectivity index (χ4v) is 2.91. The van der Waals surface area contributed by atoms with Gasteiger partial charge in [0.05, 0.1) is 17.2 Å². The summed E-state index contributed by atoms with van der Waals surface area (Å²) in [4.78, 5) is 25.8. The molecule has 1 aliphatic carbocycles. The minimum atomic E-state index is -0.395. The molecule has 4 heteroatoms. The van der Waals surface area contributed by atoms with Crippen molar-refractivity contribution in [3.05, 3.63) is 35.4 Å². The maximum atomic E-state index is 12.2. The lowest BCUT2D eigenvalue weighted by Crippen LogP contribution is -2.43. The monoisotopic (exact) mass is 245 g/mol. The smallest absolute Gasteiger partial charge is 0.261 e. The number of aliphatic hydroxyl groups excluding tert-OH is 1. The fourth-order valence-electron chi connectivity index (χ4n) is 2.91. The maximum Gasteiger partial charge on any atom is 0.261 e. The van der Waals surface area contributed by atoms with Crippen LogP contribution in [0.1, 0.15) is 46.4 Å². The number of fused-ring (bicyclic) bond motifs is 1. The highest BCUT2D eigenvalue weighted by Crippen LogP contribution is 2.30. The molecule has 0 bridgehead atoms. The highest BCUT2D eigenvalue weighted by molar-refractivity contribution is 6.21. The average molecular weight is 245 g/mol. The molecule has 2 aliphatic rings. The number of imide groups is 1. The van der Waals surface area contributed by atoms with Crippen LogP contribution in [0.3, 0.4) is 0 Å². The van der Waals surface area contributed by atoms with Crippen LogP contribution in [0.4, 0.5) is 0 Å². The first kappa shape index (κ1) is 11.4. The van der Waals surface area contributed by atoms with E-state index in [1.165, 1.54) is 4.90 Å². The van der Waals surface area contributed by atoms with Gasteiger partial charge in [-0.2, -0.15) is 0 Å². The number of nitrogens with zero attached hydrogens (tertiary/aromatic N) is 1. The van der Waals surface area contributed by atoms with Gasteiger partial charge in [-0.05, 0) is 37.8 Å². The summed E-state index contributed by atoms with van der Waals surface area (Å²) < 4.78 is 0. The van der Waals surface area contributed by atoms with E-state index < -0.39 is 6.10 Å². The molecule has 0 aromatic heterocycles. The second kappa shape index (κ2) is 4.21. The van der Waals surface area contributed by atoms with E-state index in [0.29, 0.717) is 17.5 Å². The van der Waals surface area contributed by atoms with Crippen LogP contribution in [0.25, 0.3) is 0 Å². The third-order valence-electron chi connectivity index (χ3n) is 3.81. The standard InChI is InChI=1S/C14H15NO3/c16-10-5-3-4-9(8-10)15-13(17)11-6-1-2-7-12(11)14(15)18/h1-2,6-7,9-10,16H,3-5,8H2/t9?,10-/m1/s1. The van der Waals surface area contributed by atoms with Gasteiger partial charge in [-0.1, -0.05) is 12.1 Å². The van der Waals surface area contributed by atoms with Crippen molar-refractivity contribution in [3.8, 4) is 0 Å². The highest BCUT2D eigenvalue weighted by atomic mass is 16.3. The van der Waals surface area contributed by atoms with E-state index in [0.717, 1.165) is 19.3 Å². The maximum absolute atomic E-state index is 12.2. The largest absolute Gasteiger partial charge is 0.393 e. The van der Waals surface area contributed by atoms with Crippen LogP contribution < -0.4 is 0 Å². The number of benzene rings is 1. The molecular formula is C14H15NO3. The molecule has 0 saturated heterocycles. The Morgan fingerprint density at radius 3 is 2.22 bits per heavy atom. The van der Waals surface area contributed by atoms with Gasteiger partial charge >= 0.3 is 0 Å². The second-order valence-electron chi connectivity index (χ2n) is 5.00. The van der Waals surface area contributed by atoms with E-state index in [2.05, 4.69) is 0 Å². The highest BCUT2D eigenvalue weighted by Gasteiger charge is 2.40. The predicted molar refractivity (Wildman–Crippen MR) is 65.2 cm³/mol. The summed E-state index contributed by atoms with van der Waals surface area (Å²) in [6.45, 7) is 0. The van der Waals surface area contributed by atoms with Crippen LogP contribution in [0.2, 0.25) is 0 Å². The molecular weight excluding hydrogens is 230 g/mol. The Morgan fingerprint density at radius 2 is 1.67 bits per heavy atom. The molecule has 1 unspecified atom stereocenters. The SMILES string of the molecule is O=C1c2ccccc2C(=O)N1C1CCC[C@@H](O)C1. The van der Waals surface area contributed by atoms with Gasteiger partial charge in [0.2, 0.25) is 0 Å². The molecule has 0 radical (unpaired) electrons. The third kappa shape index (κ3) is 1.64. The molecule has 94 valence electrons. The van der Waals surface area contributed by atoms with Crippen LogP contribution in [0.5, 0.6) is 0 Å². The Labute approximate surface area is 105 Å². The van der Waals surface area contributed by atoms with Crippen molar-refractivity contribution in [2.45, 2.75) is 37.8 Å². The molecule has 4 nitrogen and oxygen atoms in total. The zero-order valence-electron chi connectivity index (χ0n) is 10.0. The van der Waals surface area contributed by atoms with E-state index in [1.54, 1.807) is 24.3 Å². The molecule has 3 rings (SSSR count). The zero-order valence-corrected chi connectivity index (χ0v) is 10.0. The normalized spacial score (nSPS) is 27.5. The summed E-state index contributed by atoms with van der Waals surface area (Å²) in [6, 6.07) is 6.76. The van der Waals surface area contributed by atoms with Crippen LogP contribution in [-0.4, -0.2) is 34.0 Å². The summed E-state index contributed by atoms with van der Waals surface area (Å²) >= 11 is 0. The minimum Gasteiger partial charge on any atom is -0.393 e. The topological polar surface area (TPSA) is 57.6 Å². The Bertz CT molecular complexity index is 477. The van der Waals surface area contributed by atoms with Crippen molar-refractivity contribution in [3.63, 3.8) is 0 Å². The lowest BCUT2D eigenvalue weighted by Gasteiger charge is -2.31. The minimum absolute atomic E-state index is 0.152. The molecule has 2 amide bonds. The molecule has 1 aromatic rings. The number of hydrogen-bond acceptors (Lipinski definition) is 3. The van der Waals surface area contributed by atoms with Gasteiger partial charge in [0, 0.05) is 6.04 Å². The zero-order chi connectivity index (χ0) is 12.7. The van der Waals surface area contributed by atoms with Crippen LogP contribution >= 0.6 is 0 Å². The third-order valence-corrected chi connectivity index (χ3v) is 3.81. The van der Waals surface area contributed by atoms with Gasteiger partial charge < -0.3 is 5.11 Å². The lowest BCUT2D eigenvalue weighted by atomic mass is 9.92. The van der Waals surface area contributed by atoms with Crippen molar-refractivity contribution in [1.82, 2.24) is 4.90 Å². The predicted octanol–water partition coefficient (Wildman–Crippen LogP) is 1.59. The first-order valence-corrected chi connectivity index (χ1v) is 6.33. The average Bonchev–Trinajstić information content (AvgIpc) is 2.63. The van der Waals surface area contributed by atoms with Crippen molar-refractivity contribution >= 4 is 11.8 Å². The van der Waals surface area contributed by atoms with E-state index in [9.17, 15) is 14.7 Å². The molecule has 1 heterocycles. The first-order valence-electron chi connectivity index (χ1n) is 6.33. The number of rotatable bonds is 1. The van der Waals surface area contributed by atoms with Gasteiger partial charge in [-0.15, -0.1) is 0 Å².